The molecule has 0 saturated heterocycles. The van der Waals surface area contributed by atoms with Crippen molar-refractivity contribution in [2.24, 2.45) is 0 Å². The van der Waals surface area contributed by atoms with Gasteiger partial charge in [0.1, 0.15) is 0 Å². The highest BCUT2D eigenvalue weighted by molar-refractivity contribution is 5.18. The Morgan fingerprint density at radius 3 is 2.38 bits per heavy atom. The number of benzene rings is 1. The number of aliphatic hydroxyl groups excluding tert-OH is 2. The maximum absolute atomic E-state index is 9.10. The molecule has 0 aliphatic carbocycles. The summed E-state index contributed by atoms with van der Waals surface area (Å²) in [6.45, 7) is 1.24. The van der Waals surface area contributed by atoms with Crippen molar-refractivity contribution in [3.63, 3.8) is 0 Å². The highest BCUT2D eigenvalue weighted by Crippen LogP contribution is 2.22. The van der Waals surface area contributed by atoms with Gasteiger partial charge < -0.3 is 10.2 Å². The normalized spacial score (nSPS) is 13.0. The minimum Gasteiger partial charge on any atom is -0.396 e. The van der Waals surface area contributed by atoms with Gasteiger partial charge in [0.25, 0.3) is 0 Å². The van der Waals surface area contributed by atoms with E-state index in [1.54, 1.807) is 0 Å². The number of hydrogen-bond acceptors (Lipinski definition) is 3. The van der Waals surface area contributed by atoms with E-state index in [1.165, 1.54) is 5.56 Å². The molecule has 2 N–H and O–H groups in total. The fourth-order valence-corrected chi connectivity index (χ4v) is 1.91. The minimum atomic E-state index is 0.184. The molecule has 16 heavy (non-hydrogen) atoms. The summed E-state index contributed by atoms with van der Waals surface area (Å²) in [6, 6.07) is 10.4. The summed E-state index contributed by atoms with van der Waals surface area (Å²) < 4.78 is 0. The highest BCUT2D eigenvalue weighted by atomic mass is 16.3. The summed E-state index contributed by atoms with van der Waals surface area (Å²) >= 11 is 0. The van der Waals surface area contributed by atoms with Gasteiger partial charge in [-0.1, -0.05) is 30.3 Å². The van der Waals surface area contributed by atoms with Crippen molar-refractivity contribution in [1.29, 1.82) is 0 Å². The number of aliphatic hydroxyl groups is 2. The van der Waals surface area contributed by atoms with Gasteiger partial charge in [-0.05, 0) is 25.5 Å². The molecule has 0 aromatic heterocycles. The predicted octanol–water partition coefficient (Wildman–Crippen LogP) is 1.42. The molecule has 3 nitrogen and oxygen atoms in total. The van der Waals surface area contributed by atoms with Gasteiger partial charge in [-0.3, -0.25) is 4.90 Å². The Balaban J connectivity index is 2.66. The van der Waals surface area contributed by atoms with Gasteiger partial charge in [0.05, 0.1) is 0 Å². The van der Waals surface area contributed by atoms with Gasteiger partial charge in [0.2, 0.25) is 0 Å². The van der Waals surface area contributed by atoms with Crippen LogP contribution >= 0.6 is 0 Å². The molecule has 1 atom stereocenters. The lowest BCUT2D eigenvalue weighted by atomic mass is 10.0. The van der Waals surface area contributed by atoms with E-state index in [1.807, 2.05) is 25.2 Å². The molecule has 0 amide bonds. The van der Waals surface area contributed by atoms with Crippen molar-refractivity contribution in [3.8, 4) is 0 Å². The van der Waals surface area contributed by atoms with Crippen molar-refractivity contribution in [2.75, 3.05) is 26.8 Å². The van der Waals surface area contributed by atoms with Crippen LogP contribution in [0.3, 0.4) is 0 Å². The van der Waals surface area contributed by atoms with E-state index in [0.29, 0.717) is 0 Å². The van der Waals surface area contributed by atoms with Crippen LogP contribution < -0.4 is 0 Å². The third kappa shape index (κ3) is 3.93. The van der Waals surface area contributed by atoms with Gasteiger partial charge >= 0.3 is 0 Å². The van der Waals surface area contributed by atoms with Gasteiger partial charge in [-0.2, -0.15) is 0 Å². The smallest absolute Gasteiger partial charge is 0.0449 e. The average molecular weight is 223 g/mol. The molecular formula is C13H21NO2. The lowest BCUT2D eigenvalue weighted by molar-refractivity contribution is 0.171. The zero-order valence-electron chi connectivity index (χ0n) is 9.84. The van der Waals surface area contributed by atoms with E-state index in [-0.39, 0.29) is 19.3 Å². The van der Waals surface area contributed by atoms with Crippen LogP contribution in [0.15, 0.2) is 30.3 Å². The summed E-state index contributed by atoms with van der Waals surface area (Å²) in [5.74, 6) is 0. The molecule has 0 aliphatic heterocycles. The third-order valence-electron chi connectivity index (χ3n) is 2.79. The zero-order chi connectivity index (χ0) is 11.8. The topological polar surface area (TPSA) is 43.7 Å². The Labute approximate surface area is 97.3 Å². The fourth-order valence-electron chi connectivity index (χ4n) is 1.91. The van der Waals surface area contributed by atoms with Crippen LogP contribution in [0.5, 0.6) is 0 Å². The van der Waals surface area contributed by atoms with Crippen LogP contribution in [-0.2, 0) is 0 Å². The van der Waals surface area contributed by atoms with E-state index in [4.69, 9.17) is 10.2 Å². The maximum atomic E-state index is 9.10. The number of hydrogen-bond donors (Lipinski definition) is 2. The minimum absolute atomic E-state index is 0.184. The van der Waals surface area contributed by atoms with E-state index in [9.17, 15) is 0 Å². The Morgan fingerprint density at radius 2 is 1.81 bits per heavy atom. The quantitative estimate of drug-likeness (QED) is 0.735. The number of nitrogens with zero attached hydrogens (tertiary/aromatic N) is 1. The standard InChI is InChI=1S/C13H21NO2/c1-14(9-5-10-15)13(8-11-16)12-6-3-2-4-7-12/h2-4,6-7,13,15-16H,5,8-11H2,1H3. The van der Waals surface area contributed by atoms with Gasteiger partial charge in [-0.15, -0.1) is 0 Å². The number of rotatable bonds is 7. The summed E-state index contributed by atoms with van der Waals surface area (Å²) in [5.41, 5.74) is 1.22. The summed E-state index contributed by atoms with van der Waals surface area (Å²) in [7, 11) is 2.03. The van der Waals surface area contributed by atoms with Crippen molar-refractivity contribution >= 4 is 0 Å². The second-order valence-electron chi connectivity index (χ2n) is 4.00. The first-order valence-corrected chi connectivity index (χ1v) is 5.76. The summed E-state index contributed by atoms with van der Waals surface area (Å²) in [4.78, 5) is 2.18. The van der Waals surface area contributed by atoms with Crippen LogP contribution in [0.4, 0.5) is 0 Å². The van der Waals surface area contributed by atoms with Crippen molar-refractivity contribution in [2.45, 2.75) is 18.9 Å². The van der Waals surface area contributed by atoms with Crippen LogP contribution in [-0.4, -0.2) is 41.9 Å². The molecule has 0 aliphatic rings. The molecule has 0 radical (unpaired) electrons. The van der Waals surface area contributed by atoms with Crippen molar-refractivity contribution in [3.05, 3.63) is 35.9 Å². The second kappa shape index (κ2) is 7.39. The monoisotopic (exact) mass is 223 g/mol. The van der Waals surface area contributed by atoms with Gasteiger partial charge in [0, 0.05) is 25.8 Å². The lowest BCUT2D eigenvalue weighted by Crippen LogP contribution is -2.27. The molecule has 1 aromatic rings. The highest BCUT2D eigenvalue weighted by Gasteiger charge is 2.15. The van der Waals surface area contributed by atoms with E-state index >= 15 is 0 Å². The lowest BCUT2D eigenvalue weighted by Gasteiger charge is -2.27. The molecule has 1 rings (SSSR count). The first kappa shape index (κ1) is 13.2. The zero-order valence-corrected chi connectivity index (χ0v) is 9.84. The second-order valence-corrected chi connectivity index (χ2v) is 4.00. The van der Waals surface area contributed by atoms with E-state index < -0.39 is 0 Å². The molecule has 0 heterocycles. The van der Waals surface area contributed by atoms with Crippen molar-refractivity contribution < 1.29 is 10.2 Å². The summed E-state index contributed by atoms with van der Waals surface area (Å²) in [6.07, 6.45) is 1.50. The van der Waals surface area contributed by atoms with E-state index in [2.05, 4.69) is 17.0 Å². The Bertz CT molecular complexity index is 277. The van der Waals surface area contributed by atoms with Crippen LogP contribution in [0.1, 0.15) is 24.4 Å². The maximum Gasteiger partial charge on any atom is 0.0449 e. The molecule has 0 spiro atoms. The van der Waals surface area contributed by atoms with E-state index in [0.717, 1.165) is 19.4 Å². The molecule has 3 heteroatoms. The molecule has 90 valence electrons. The van der Waals surface area contributed by atoms with Crippen LogP contribution in [0, 0.1) is 0 Å². The molecule has 1 unspecified atom stereocenters. The molecular weight excluding hydrogens is 202 g/mol. The molecule has 0 saturated carbocycles. The first-order valence-electron chi connectivity index (χ1n) is 5.76. The molecule has 0 bridgehead atoms. The van der Waals surface area contributed by atoms with Crippen LogP contribution in [0.25, 0.3) is 0 Å². The fraction of sp³-hybridized carbons (Fsp3) is 0.538. The Kier molecular flexibility index (Phi) is 6.08. The largest absolute Gasteiger partial charge is 0.396 e. The third-order valence-corrected chi connectivity index (χ3v) is 2.79. The molecule has 0 fully saturated rings. The molecule has 1 aromatic carbocycles. The van der Waals surface area contributed by atoms with Crippen LogP contribution in [0.2, 0.25) is 0 Å². The predicted molar refractivity (Wildman–Crippen MR) is 65.2 cm³/mol. The first-order chi connectivity index (χ1) is 7.79. The van der Waals surface area contributed by atoms with Gasteiger partial charge in [0.15, 0.2) is 0 Å². The SMILES string of the molecule is CN(CCCO)C(CCO)c1ccccc1. The Hall–Kier alpha value is -0.900. The Morgan fingerprint density at radius 1 is 1.12 bits per heavy atom. The van der Waals surface area contributed by atoms with Gasteiger partial charge in [-0.25, -0.2) is 0 Å². The average Bonchev–Trinajstić information content (AvgIpc) is 2.34. The van der Waals surface area contributed by atoms with Crippen molar-refractivity contribution in [1.82, 2.24) is 4.90 Å². The summed E-state index contributed by atoms with van der Waals surface area (Å²) in [5, 5.41) is 17.9.